The van der Waals surface area contributed by atoms with Gasteiger partial charge in [0.05, 0.1) is 25.0 Å². The van der Waals surface area contributed by atoms with Gasteiger partial charge in [0.1, 0.15) is 24.2 Å². The van der Waals surface area contributed by atoms with Gasteiger partial charge in [-0.15, -0.1) is 0 Å². The van der Waals surface area contributed by atoms with Crippen molar-refractivity contribution in [3.63, 3.8) is 0 Å². The van der Waals surface area contributed by atoms with E-state index in [9.17, 15) is 9.90 Å². The molecule has 0 aliphatic carbocycles. The molecule has 1 aliphatic heterocycles. The summed E-state index contributed by atoms with van der Waals surface area (Å²) in [6.07, 6.45) is -0.590. The summed E-state index contributed by atoms with van der Waals surface area (Å²) in [5.41, 5.74) is 1.59. The monoisotopic (exact) mass is 414 g/mol. The number of nitrogens with zero attached hydrogens (tertiary/aromatic N) is 2. The quantitative estimate of drug-likeness (QED) is 0.632. The van der Waals surface area contributed by atoms with Crippen molar-refractivity contribution in [3.8, 4) is 11.5 Å². The summed E-state index contributed by atoms with van der Waals surface area (Å²) in [5.74, 6) is 1.15. The predicted octanol–water partition coefficient (Wildman–Crippen LogP) is 2.43. The highest BCUT2D eigenvalue weighted by molar-refractivity contribution is 5.89. The molecule has 7 nitrogen and oxygen atoms in total. The number of anilines is 1. The first-order valence-electron chi connectivity index (χ1n) is 10.3. The Morgan fingerprint density at radius 2 is 1.77 bits per heavy atom. The third-order valence-electron chi connectivity index (χ3n) is 5.07. The van der Waals surface area contributed by atoms with Gasteiger partial charge in [-0.2, -0.15) is 0 Å². The Hall–Kier alpha value is -2.77. The van der Waals surface area contributed by atoms with Gasteiger partial charge < -0.3 is 24.2 Å². The maximum atomic E-state index is 11.7. The van der Waals surface area contributed by atoms with E-state index in [0.717, 1.165) is 37.6 Å². The van der Waals surface area contributed by atoms with E-state index in [1.54, 1.807) is 38.3 Å². The third kappa shape index (κ3) is 5.87. The lowest BCUT2D eigenvalue weighted by Gasteiger charge is -2.37. The molecule has 1 unspecified atom stereocenters. The molecule has 30 heavy (non-hydrogen) atoms. The van der Waals surface area contributed by atoms with E-state index in [2.05, 4.69) is 15.9 Å². The average Bonchev–Trinajstić information content (AvgIpc) is 2.78. The highest BCUT2D eigenvalue weighted by Crippen LogP contribution is 2.28. The molecule has 2 aromatic carbocycles. The van der Waals surface area contributed by atoms with E-state index in [1.165, 1.54) is 0 Å². The fourth-order valence-corrected chi connectivity index (χ4v) is 3.51. The summed E-state index contributed by atoms with van der Waals surface area (Å²) in [5, 5.41) is 10.4. The Balaban J connectivity index is 1.42. The number of ether oxygens (including phenoxy) is 3. The molecule has 1 fully saturated rings. The first kappa shape index (κ1) is 21.9. The zero-order chi connectivity index (χ0) is 21.3. The number of rotatable bonds is 9. The first-order chi connectivity index (χ1) is 14.6. The van der Waals surface area contributed by atoms with Crippen LogP contribution in [0.15, 0.2) is 48.5 Å². The van der Waals surface area contributed by atoms with Crippen LogP contribution in [-0.2, 0) is 4.74 Å². The molecular weight excluding hydrogens is 384 g/mol. The number of β-amino-alcohol motifs (C(OH)–C–C–N with tert-alkyl or cyclic N) is 1. The zero-order valence-electron chi connectivity index (χ0n) is 17.6. The minimum Gasteiger partial charge on any atom is -0.495 e. The van der Waals surface area contributed by atoms with E-state index in [-0.39, 0.29) is 12.6 Å². The van der Waals surface area contributed by atoms with Gasteiger partial charge in [0.2, 0.25) is 0 Å². The van der Waals surface area contributed by atoms with Crippen LogP contribution in [0.2, 0.25) is 0 Å². The van der Waals surface area contributed by atoms with Gasteiger partial charge in [0.15, 0.2) is 0 Å². The zero-order valence-corrected chi connectivity index (χ0v) is 17.6. The fraction of sp³-hybridized carbons (Fsp3) is 0.435. The Morgan fingerprint density at radius 3 is 2.43 bits per heavy atom. The molecule has 3 rings (SSSR count). The molecule has 162 valence electrons. The molecule has 0 spiro atoms. The lowest BCUT2D eigenvalue weighted by Crippen LogP contribution is -2.49. The number of hydrogen-bond donors (Lipinski definition) is 1. The van der Waals surface area contributed by atoms with E-state index < -0.39 is 6.10 Å². The smallest absolute Gasteiger partial charge is 0.338 e. The van der Waals surface area contributed by atoms with Crippen LogP contribution in [0.4, 0.5) is 5.69 Å². The van der Waals surface area contributed by atoms with Crippen LogP contribution in [0.25, 0.3) is 0 Å². The molecule has 2 aromatic rings. The Labute approximate surface area is 177 Å². The van der Waals surface area contributed by atoms with Crippen molar-refractivity contribution in [2.75, 3.05) is 57.9 Å². The van der Waals surface area contributed by atoms with E-state index in [4.69, 9.17) is 14.2 Å². The summed E-state index contributed by atoms with van der Waals surface area (Å²) in [6, 6.07) is 14.8. The average molecular weight is 415 g/mol. The van der Waals surface area contributed by atoms with Crippen molar-refractivity contribution < 1.29 is 24.1 Å². The van der Waals surface area contributed by atoms with E-state index >= 15 is 0 Å². The maximum Gasteiger partial charge on any atom is 0.338 e. The van der Waals surface area contributed by atoms with Gasteiger partial charge in [0, 0.05) is 32.7 Å². The number of aliphatic hydroxyl groups excluding tert-OH is 1. The molecular formula is C23H30N2O5. The first-order valence-corrected chi connectivity index (χ1v) is 10.3. The molecule has 0 bridgehead atoms. The largest absolute Gasteiger partial charge is 0.495 e. The highest BCUT2D eigenvalue weighted by Gasteiger charge is 2.21. The lowest BCUT2D eigenvalue weighted by molar-refractivity contribution is 0.0525. The molecule has 1 atom stereocenters. The molecule has 0 saturated carbocycles. The third-order valence-corrected chi connectivity index (χ3v) is 5.07. The maximum absolute atomic E-state index is 11.7. The fourth-order valence-electron chi connectivity index (χ4n) is 3.51. The summed E-state index contributed by atoms with van der Waals surface area (Å²) in [4.78, 5) is 16.2. The minimum atomic E-state index is -0.590. The molecule has 7 heteroatoms. The van der Waals surface area contributed by atoms with Crippen LogP contribution >= 0.6 is 0 Å². The number of benzene rings is 2. The Morgan fingerprint density at radius 1 is 1.07 bits per heavy atom. The van der Waals surface area contributed by atoms with Gasteiger partial charge in [-0.3, -0.25) is 4.90 Å². The van der Waals surface area contributed by atoms with Gasteiger partial charge in [-0.05, 0) is 43.3 Å². The SMILES string of the molecule is CCOC(=O)c1ccc(OCC(O)CN2CCN(c3ccccc3OC)CC2)cc1. The molecule has 0 aromatic heterocycles. The number of carbonyl (C=O) groups excluding carboxylic acids is 1. The van der Waals surface area contributed by atoms with Crippen molar-refractivity contribution in [2.45, 2.75) is 13.0 Å². The van der Waals surface area contributed by atoms with Crippen LogP contribution < -0.4 is 14.4 Å². The summed E-state index contributed by atoms with van der Waals surface area (Å²) < 4.78 is 16.1. The second-order valence-corrected chi connectivity index (χ2v) is 7.17. The van der Waals surface area contributed by atoms with Crippen LogP contribution in [0.1, 0.15) is 17.3 Å². The molecule has 1 aliphatic rings. The van der Waals surface area contributed by atoms with Gasteiger partial charge in [-0.1, -0.05) is 12.1 Å². The standard InChI is InChI=1S/C23H30N2O5/c1-3-29-23(27)18-8-10-20(11-9-18)30-17-19(26)16-24-12-14-25(15-13-24)21-6-4-5-7-22(21)28-2/h4-11,19,26H,3,12-17H2,1-2H3. The number of hydrogen-bond acceptors (Lipinski definition) is 7. The van der Waals surface area contributed by atoms with E-state index in [1.807, 2.05) is 18.2 Å². The number of piperazine rings is 1. The predicted molar refractivity (Wildman–Crippen MR) is 116 cm³/mol. The molecule has 1 heterocycles. The summed E-state index contributed by atoms with van der Waals surface area (Å²) >= 11 is 0. The topological polar surface area (TPSA) is 71.5 Å². The number of methoxy groups -OCH3 is 1. The van der Waals surface area contributed by atoms with Gasteiger partial charge in [-0.25, -0.2) is 4.79 Å². The van der Waals surface area contributed by atoms with E-state index in [0.29, 0.717) is 24.5 Å². The second-order valence-electron chi connectivity index (χ2n) is 7.17. The number of aliphatic hydroxyl groups is 1. The van der Waals surface area contributed by atoms with Gasteiger partial charge >= 0.3 is 5.97 Å². The number of carbonyl (C=O) groups is 1. The van der Waals surface area contributed by atoms with Crippen molar-refractivity contribution in [3.05, 3.63) is 54.1 Å². The Kier molecular flexibility index (Phi) is 7.93. The second kappa shape index (κ2) is 10.8. The molecule has 1 N–H and O–H groups in total. The van der Waals surface area contributed by atoms with Crippen LogP contribution in [0, 0.1) is 0 Å². The summed E-state index contributed by atoms with van der Waals surface area (Å²) in [7, 11) is 1.69. The molecule has 0 amide bonds. The molecule has 1 saturated heterocycles. The Bertz CT molecular complexity index is 803. The highest BCUT2D eigenvalue weighted by atomic mass is 16.5. The van der Waals surface area contributed by atoms with Gasteiger partial charge in [0.25, 0.3) is 0 Å². The van der Waals surface area contributed by atoms with Crippen molar-refractivity contribution in [1.82, 2.24) is 4.90 Å². The molecule has 0 radical (unpaired) electrons. The van der Waals surface area contributed by atoms with Crippen molar-refractivity contribution >= 4 is 11.7 Å². The van der Waals surface area contributed by atoms with Crippen LogP contribution in [-0.4, -0.2) is 75.1 Å². The van der Waals surface area contributed by atoms with Crippen molar-refractivity contribution in [1.29, 1.82) is 0 Å². The summed E-state index contributed by atoms with van der Waals surface area (Å²) in [6.45, 7) is 6.36. The van der Waals surface area contributed by atoms with Crippen molar-refractivity contribution in [2.24, 2.45) is 0 Å². The number of esters is 1. The number of para-hydroxylation sites is 2. The van der Waals surface area contributed by atoms with Crippen LogP contribution in [0.5, 0.6) is 11.5 Å². The minimum absolute atomic E-state index is 0.200. The van der Waals surface area contributed by atoms with Crippen LogP contribution in [0.3, 0.4) is 0 Å². The normalized spacial score (nSPS) is 15.5. The lowest BCUT2D eigenvalue weighted by atomic mass is 10.2.